The lowest BCUT2D eigenvalue weighted by Crippen LogP contribution is -2.49. The molecule has 0 aliphatic carbocycles. The highest BCUT2D eigenvalue weighted by molar-refractivity contribution is 5.80. The second kappa shape index (κ2) is 5.69. The first-order valence-electron chi connectivity index (χ1n) is 6.77. The van der Waals surface area contributed by atoms with Crippen LogP contribution in [-0.2, 0) is 14.3 Å². The molecular weight excluding hydrogens is 232 g/mol. The zero-order valence-electron chi connectivity index (χ0n) is 11.2. The number of nitrogens with zero attached hydrogens (tertiary/aromatic N) is 2. The summed E-state index contributed by atoms with van der Waals surface area (Å²) in [5.74, 6) is 0.366. The maximum absolute atomic E-state index is 12.4. The fourth-order valence-corrected chi connectivity index (χ4v) is 2.73. The normalized spacial score (nSPS) is 26.2. The highest BCUT2D eigenvalue weighted by Gasteiger charge is 2.32. The molecule has 0 bridgehead atoms. The number of amides is 2. The van der Waals surface area contributed by atoms with E-state index >= 15 is 0 Å². The number of rotatable bonds is 1. The van der Waals surface area contributed by atoms with Crippen molar-refractivity contribution >= 4 is 11.8 Å². The number of hydrogen-bond donors (Lipinski definition) is 0. The van der Waals surface area contributed by atoms with Gasteiger partial charge >= 0.3 is 0 Å². The molecule has 0 aromatic heterocycles. The van der Waals surface area contributed by atoms with E-state index in [9.17, 15) is 9.59 Å². The van der Waals surface area contributed by atoms with Crippen LogP contribution in [0.25, 0.3) is 0 Å². The Morgan fingerprint density at radius 1 is 1.17 bits per heavy atom. The molecule has 18 heavy (non-hydrogen) atoms. The number of piperidine rings is 1. The predicted octanol–water partition coefficient (Wildman–Crippen LogP) is 0.840. The van der Waals surface area contributed by atoms with Gasteiger partial charge in [-0.3, -0.25) is 9.59 Å². The van der Waals surface area contributed by atoms with Gasteiger partial charge in [0.05, 0.1) is 6.61 Å². The van der Waals surface area contributed by atoms with Crippen LogP contribution in [0.15, 0.2) is 0 Å². The first-order chi connectivity index (χ1) is 8.59. The summed E-state index contributed by atoms with van der Waals surface area (Å²) < 4.78 is 5.50. The first kappa shape index (κ1) is 13.3. The summed E-state index contributed by atoms with van der Waals surface area (Å²) in [6.45, 7) is 6.47. The van der Waals surface area contributed by atoms with E-state index in [1.807, 2.05) is 16.7 Å². The summed E-state index contributed by atoms with van der Waals surface area (Å²) in [6, 6.07) is 0. The average Bonchev–Trinajstić information content (AvgIpc) is 2.38. The van der Waals surface area contributed by atoms with Crippen LogP contribution in [0, 0.1) is 5.92 Å². The molecule has 0 saturated carbocycles. The van der Waals surface area contributed by atoms with Gasteiger partial charge in [0.2, 0.25) is 11.8 Å². The molecule has 5 heteroatoms. The third-order valence-electron chi connectivity index (χ3n) is 3.91. The molecule has 2 rings (SSSR count). The maximum atomic E-state index is 12.4. The highest BCUT2D eigenvalue weighted by Crippen LogP contribution is 2.22. The zero-order valence-corrected chi connectivity index (χ0v) is 11.2. The number of hydrogen-bond acceptors (Lipinski definition) is 3. The molecule has 2 aliphatic rings. The molecular formula is C13H22N2O3. The lowest BCUT2D eigenvalue weighted by atomic mass is 9.95. The third-order valence-corrected chi connectivity index (χ3v) is 3.91. The molecule has 2 aliphatic heterocycles. The van der Waals surface area contributed by atoms with Gasteiger partial charge < -0.3 is 14.5 Å². The van der Waals surface area contributed by atoms with Crippen LogP contribution >= 0.6 is 0 Å². The Hall–Kier alpha value is -1.10. The van der Waals surface area contributed by atoms with E-state index in [1.54, 1.807) is 6.92 Å². The van der Waals surface area contributed by atoms with Crippen molar-refractivity contribution in [3.63, 3.8) is 0 Å². The number of carbonyl (C=O) groups is 2. The van der Waals surface area contributed by atoms with Gasteiger partial charge in [-0.1, -0.05) is 0 Å². The maximum Gasteiger partial charge on any atom is 0.227 e. The van der Waals surface area contributed by atoms with E-state index in [0.29, 0.717) is 13.1 Å². The second-order valence-electron chi connectivity index (χ2n) is 5.14. The standard InChI is InChI=1S/C13H22N2O3/c1-10(16)14-7-4-12(5-8-14)13(17)15-6-3-9-18-11(15)2/h11-12H,3-9H2,1-2H3. The molecule has 5 nitrogen and oxygen atoms in total. The van der Waals surface area contributed by atoms with E-state index in [1.165, 1.54) is 0 Å². The fourth-order valence-electron chi connectivity index (χ4n) is 2.73. The SMILES string of the molecule is CC(=O)N1CCC(C(=O)N2CCCOC2C)CC1. The van der Waals surface area contributed by atoms with Gasteiger partial charge in [0.25, 0.3) is 0 Å². The largest absolute Gasteiger partial charge is 0.359 e. The van der Waals surface area contributed by atoms with E-state index in [2.05, 4.69) is 0 Å². The van der Waals surface area contributed by atoms with Crippen molar-refractivity contribution in [3.05, 3.63) is 0 Å². The second-order valence-corrected chi connectivity index (χ2v) is 5.14. The molecule has 2 saturated heterocycles. The zero-order chi connectivity index (χ0) is 13.1. The van der Waals surface area contributed by atoms with Gasteiger partial charge in [0.15, 0.2) is 0 Å². The van der Waals surface area contributed by atoms with Crippen molar-refractivity contribution in [2.45, 2.75) is 39.3 Å². The Balaban J connectivity index is 1.88. The lowest BCUT2D eigenvalue weighted by Gasteiger charge is -2.38. The summed E-state index contributed by atoms with van der Waals surface area (Å²) in [7, 11) is 0. The van der Waals surface area contributed by atoms with Gasteiger partial charge in [-0.15, -0.1) is 0 Å². The predicted molar refractivity (Wildman–Crippen MR) is 66.7 cm³/mol. The molecule has 0 N–H and O–H groups in total. The van der Waals surface area contributed by atoms with Crippen LogP contribution in [0.3, 0.4) is 0 Å². The Kier molecular flexibility index (Phi) is 4.22. The van der Waals surface area contributed by atoms with Gasteiger partial charge in [0, 0.05) is 32.5 Å². The molecule has 1 unspecified atom stereocenters. The summed E-state index contributed by atoms with van der Waals surface area (Å²) in [5, 5.41) is 0. The minimum absolute atomic E-state index is 0.0600. The lowest BCUT2D eigenvalue weighted by molar-refractivity contribution is -0.158. The Bertz CT molecular complexity index is 324. The Morgan fingerprint density at radius 3 is 2.39 bits per heavy atom. The minimum atomic E-state index is -0.0999. The van der Waals surface area contributed by atoms with E-state index < -0.39 is 0 Å². The molecule has 1 atom stereocenters. The van der Waals surface area contributed by atoms with Crippen molar-refractivity contribution in [2.75, 3.05) is 26.2 Å². The van der Waals surface area contributed by atoms with Crippen molar-refractivity contribution in [1.82, 2.24) is 9.80 Å². The van der Waals surface area contributed by atoms with Crippen LogP contribution < -0.4 is 0 Å². The highest BCUT2D eigenvalue weighted by atomic mass is 16.5. The van der Waals surface area contributed by atoms with E-state index in [4.69, 9.17) is 4.74 Å². The van der Waals surface area contributed by atoms with Crippen molar-refractivity contribution in [3.8, 4) is 0 Å². The average molecular weight is 254 g/mol. The van der Waals surface area contributed by atoms with E-state index in [0.717, 1.165) is 32.4 Å². The summed E-state index contributed by atoms with van der Waals surface area (Å²) in [5.41, 5.74) is 0. The number of ether oxygens (including phenoxy) is 1. The van der Waals surface area contributed by atoms with Crippen molar-refractivity contribution in [2.24, 2.45) is 5.92 Å². The topological polar surface area (TPSA) is 49.9 Å². The van der Waals surface area contributed by atoms with Gasteiger partial charge in [-0.05, 0) is 26.2 Å². The van der Waals surface area contributed by atoms with Gasteiger partial charge in [-0.2, -0.15) is 0 Å². The number of likely N-dealkylation sites (tertiary alicyclic amines) is 1. The molecule has 0 aromatic carbocycles. The van der Waals surface area contributed by atoms with Crippen LogP contribution in [0.1, 0.15) is 33.1 Å². The molecule has 0 spiro atoms. The smallest absolute Gasteiger partial charge is 0.227 e. The van der Waals surface area contributed by atoms with Crippen LogP contribution in [0.4, 0.5) is 0 Å². The van der Waals surface area contributed by atoms with Crippen LogP contribution in [0.2, 0.25) is 0 Å². The number of carbonyl (C=O) groups excluding carboxylic acids is 2. The van der Waals surface area contributed by atoms with E-state index in [-0.39, 0.29) is 24.0 Å². The van der Waals surface area contributed by atoms with Crippen LogP contribution in [-0.4, -0.2) is 54.1 Å². The molecule has 102 valence electrons. The molecule has 2 fully saturated rings. The Morgan fingerprint density at radius 2 is 1.83 bits per heavy atom. The van der Waals surface area contributed by atoms with Gasteiger partial charge in [-0.25, -0.2) is 0 Å². The van der Waals surface area contributed by atoms with Crippen molar-refractivity contribution in [1.29, 1.82) is 0 Å². The Labute approximate surface area is 108 Å². The minimum Gasteiger partial charge on any atom is -0.359 e. The molecule has 2 amide bonds. The molecule has 0 aromatic rings. The first-order valence-corrected chi connectivity index (χ1v) is 6.77. The van der Waals surface area contributed by atoms with Gasteiger partial charge in [0.1, 0.15) is 6.23 Å². The third kappa shape index (κ3) is 2.83. The summed E-state index contributed by atoms with van der Waals surface area (Å²) in [6.07, 6.45) is 2.38. The monoisotopic (exact) mass is 254 g/mol. The fraction of sp³-hybridized carbons (Fsp3) is 0.846. The molecule has 2 heterocycles. The van der Waals surface area contributed by atoms with Crippen molar-refractivity contribution < 1.29 is 14.3 Å². The quantitative estimate of drug-likeness (QED) is 0.696. The molecule has 0 radical (unpaired) electrons. The summed E-state index contributed by atoms with van der Waals surface area (Å²) >= 11 is 0. The summed E-state index contributed by atoms with van der Waals surface area (Å²) in [4.78, 5) is 27.3. The van der Waals surface area contributed by atoms with Crippen LogP contribution in [0.5, 0.6) is 0 Å².